The second kappa shape index (κ2) is 7.51. The number of nitrogens with zero attached hydrogens (tertiary/aromatic N) is 1. The van der Waals surface area contributed by atoms with Gasteiger partial charge in [0.15, 0.2) is 0 Å². The molecule has 1 aromatic heterocycles. The molecule has 0 radical (unpaired) electrons. The van der Waals surface area contributed by atoms with Crippen molar-refractivity contribution >= 4 is 21.4 Å². The Hall–Kier alpha value is -0.470. The Morgan fingerprint density at radius 3 is 2.80 bits per heavy atom. The molecule has 1 atom stereocenters. The molecule has 2 rings (SSSR count). The number of nitrogens with one attached hydrogen (secondary N) is 1. The van der Waals surface area contributed by atoms with Crippen molar-refractivity contribution in [2.75, 3.05) is 38.6 Å². The second-order valence-electron chi connectivity index (χ2n) is 4.89. The maximum Gasteiger partial charge on any atom is 0.211 e. The summed E-state index contributed by atoms with van der Waals surface area (Å²) < 4.78 is 31.8. The smallest absolute Gasteiger partial charge is 0.211 e. The minimum Gasteiger partial charge on any atom is -0.379 e. The molecule has 1 fully saturated rings. The first-order chi connectivity index (χ1) is 9.62. The quantitative estimate of drug-likeness (QED) is 0.827. The van der Waals surface area contributed by atoms with Crippen LogP contribution in [0.2, 0.25) is 0 Å². The van der Waals surface area contributed by atoms with Crippen molar-refractivity contribution in [3.05, 3.63) is 22.4 Å². The number of morpholine rings is 1. The van der Waals surface area contributed by atoms with Crippen molar-refractivity contribution in [3.63, 3.8) is 0 Å². The van der Waals surface area contributed by atoms with Crippen molar-refractivity contribution in [2.24, 2.45) is 0 Å². The number of rotatable bonds is 7. The van der Waals surface area contributed by atoms with E-state index in [1.54, 1.807) is 11.3 Å². The maximum absolute atomic E-state index is 11.8. The molecule has 0 amide bonds. The molecule has 1 N–H and O–H groups in total. The van der Waals surface area contributed by atoms with Crippen LogP contribution in [0.25, 0.3) is 0 Å². The van der Waals surface area contributed by atoms with E-state index in [9.17, 15) is 8.42 Å². The summed E-state index contributed by atoms with van der Waals surface area (Å²) >= 11 is 1.64. The summed E-state index contributed by atoms with van der Waals surface area (Å²) in [5.41, 5.74) is 1.18. The number of hydrogen-bond donors (Lipinski definition) is 1. The van der Waals surface area contributed by atoms with Gasteiger partial charge in [-0.15, -0.1) is 0 Å². The Morgan fingerprint density at radius 1 is 1.45 bits per heavy atom. The fourth-order valence-corrected chi connectivity index (χ4v) is 4.16. The van der Waals surface area contributed by atoms with Gasteiger partial charge >= 0.3 is 0 Å². The number of thiophene rings is 1. The normalized spacial score (nSPS) is 19.1. The van der Waals surface area contributed by atoms with E-state index >= 15 is 0 Å². The highest BCUT2D eigenvalue weighted by atomic mass is 32.2. The Bertz CT molecular complexity index is 482. The zero-order valence-electron chi connectivity index (χ0n) is 11.7. The molecule has 0 aliphatic carbocycles. The maximum atomic E-state index is 11.8. The monoisotopic (exact) mass is 318 g/mol. The van der Waals surface area contributed by atoms with E-state index in [-0.39, 0.29) is 11.8 Å². The van der Waals surface area contributed by atoms with E-state index in [0.717, 1.165) is 13.1 Å². The SMILES string of the molecule is CCCS(=O)(=O)NCC(c1ccsc1)N1CCOCC1. The molecule has 7 heteroatoms. The first-order valence-corrected chi connectivity index (χ1v) is 9.53. The van der Waals surface area contributed by atoms with Crippen LogP contribution in [0.5, 0.6) is 0 Å². The molecule has 1 aromatic rings. The molecule has 0 spiro atoms. The van der Waals surface area contributed by atoms with Crippen LogP contribution >= 0.6 is 11.3 Å². The van der Waals surface area contributed by atoms with Gasteiger partial charge in [-0.3, -0.25) is 4.90 Å². The molecule has 0 bridgehead atoms. The van der Waals surface area contributed by atoms with E-state index in [4.69, 9.17) is 4.74 Å². The standard InChI is InChI=1S/C13H22N2O3S2/c1-2-9-20(16,17)14-10-13(12-3-8-19-11-12)15-4-6-18-7-5-15/h3,8,11,13-14H,2,4-7,9-10H2,1H3. The van der Waals surface area contributed by atoms with Crippen molar-refractivity contribution in [2.45, 2.75) is 19.4 Å². The van der Waals surface area contributed by atoms with Crippen LogP contribution in [0, 0.1) is 0 Å². The van der Waals surface area contributed by atoms with Gasteiger partial charge in [0, 0.05) is 25.7 Å². The molecule has 1 aliphatic heterocycles. The molecule has 0 saturated carbocycles. The van der Waals surface area contributed by atoms with E-state index in [1.807, 2.05) is 12.3 Å². The molecular formula is C13H22N2O3S2. The molecule has 1 aliphatic rings. The first kappa shape index (κ1) is 15.9. The summed E-state index contributed by atoms with van der Waals surface area (Å²) in [7, 11) is -3.16. The lowest BCUT2D eigenvalue weighted by Crippen LogP contribution is -2.44. The third kappa shape index (κ3) is 4.53. The second-order valence-corrected chi connectivity index (χ2v) is 7.59. The van der Waals surface area contributed by atoms with Gasteiger partial charge in [-0.1, -0.05) is 6.92 Å². The summed E-state index contributed by atoms with van der Waals surface area (Å²) in [5.74, 6) is 0.187. The average molecular weight is 318 g/mol. The topological polar surface area (TPSA) is 58.6 Å². The lowest BCUT2D eigenvalue weighted by molar-refractivity contribution is 0.0173. The van der Waals surface area contributed by atoms with Crippen LogP contribution in [0.4, 0.5) is 0 Å². The van der Waals surface area contributed by atoms with Gasteiger partial charge in [-0.25, -0.2) is 13.1 Å². The minimum atomic E-state index is -3.16. The Labute approximate surface area is 125 Å². The van der Waals surface area contributed by atoms with Crippen LogP contribution in [0.15, 0.2) is 16.8 Å². The van der Waals surface area contributed by atoms with Crippen molar-refractivity contribution in [1.82, 2.24) is 9.62 Å². The van der Waals surface area contributed by atoms with Gasteiger partial charge in [-0.05, 0) is 28.8 Å². The lowest BCUT2D eigenvalue weighted by atomic mass is 10.1. The van der Waals surface area contributed by atoms with Gasteiger partial charge in [0.25, 0.3) is 0 Å². The predicted molar refractivity (Wildman–Crippen MR) is 81.5 cm³/mol. The van der Waals surface area contributed by atoms with E-state index < -0.39 is 10.0 Å². The van der Waals surface area contributed by atoms with E-state index in [1.165, 1.54) is 5.56 Å². The summed E-state index contributed by atoms with van der Waals surface area (Å²) in [6, 6.07) is 2.16. The molecule has 114 valence electrons. The summed E-state index contributed by atoms with van der Waals surface area (Å²) in [4.78, 5) is 2.29. The van der Waals surface area contributed by atoms with Crippen molar-refractivity contribution in [3.8, 4) is 0 Å². The Kier molecular flexibility index (Phi) is 5.98. The summed E-state index contributed by atoms with van der Waals surface area (Å²) in [6.45, 7) is 5.41. The van der Waals surface area contributed by atoms with Gasteiger partial charge in [0.2, 0.25) is 10.0 Å². The zero-order valence-corrected chi connectivity index (χ0v) is 13.4. The highest BCUT2D eigenvalue weighted by Gasteiger charge is 2.24. The van der Waals surface area contributed by atoms with Gasteiger partial charge in [-0.2, -0.15) is 11.3 Å². The molecular weight excluding hydrogens is 296 g/mol. The molecule has 5 nitrogen and oxygen atoms in total. The van der Waals surface area contributed by atoms with Gasteiger partial charge in [0.05, 0.1) is 19.0 Å². The number of ether oxygens (including phenoxy) is 1. The molecule has 1 unspecified atom stereocenters. The van der Waals surface area contributed by atoms with Crippen LogP contribution in [-0.4, -0.2) is 51.9 Å². The Morgan fingerprint density at radius 2 is 2.20 bits per heavy atom. The fraction of sp³-hybridized carbons (Fsp3) is 0.692. The highest BCUT2D eigenvalue weighted by molar-refractivity contribution is 7.89. The van der Waals surface area contributed by atoms with Crippen LogP contribution in [0.1, 0.15) is 24.9 Å². The average Bonchev–Trinajstić information content (AvgIpc) is 2.94. The molecule has 0 aromatic carbocycles. The summed E-state index contributed by atoms with van der Waals surface area (Å²) in [5, 5.41) is 4.12. The molecule has 20 heavy (non-hydrogen) atoms. The third-order valence-corrected chi connectivity index (χ3v) is 5.64. The molecule has 1 saturated heterocycles. The predicted octanol–water partition coefficient (Wildman–Crippen LogP) is 1.45. The van der Waals surface area contributed by atoms with E-state index in [0.29, 0.717) is 26.2 Å². The van der Waals surface area contributed by atoms with Crippen molar-refractivity contribution < 1.29 is 13.2 Å². The van der Waals surface area contributed by atoms with Crippen molar-refractivity contribution in [1.29, 1.82) is 0 Å². The minimum absolute atomic E-state index is 0.0942. The van der Waals surface area contributed by atoms with Crippen LogP contribution < -0.4 is 4.72 Å². The highest BCUT2D eigenvalue weighted by Crippen LogP contribution is 2.23. The summed E-state index contributed by atoms with van der Waals surface area (Å²) in [6.07, 6.45) is 0.635. The van der Waals surface area contributed by atoms with Crippen LogP contribution in [-0.2, 0) is 14.8 Å². The number of hydrogen-bond acceptors (Lipinski definition) is 5. The third-order valence-electron chi connectivity index (χ3n) is 3.38. The fourth-order valence-electron chi connectivity index (χ4n) is 2.36. The Balaban J connectivity index is 2.03. The van der Waals surface area contributed by atoms with Crippen LogP contribution in [0.3, 0.4) is 0 Å². The largest absolute Gasteiger partial charge is 0.379 e. The van der Waals surface area contributed by atoms with Gasteiger partial charge in [0.1, 0.15) is 0 Å². The molecule has 2 heterocycles. The zero-order chi connectivity index (χ0) is 14.4. The number of sulfonamides is 1. The lowest BCUT2D eigenvalue weighted by Gasteiger charge is -2.34. The van der Waals surface area contributed by atoms with Gasteiger partial charge < -0.3 is 4.74 Å². The first-order valence-electron chi connectivity index (χ1n) is 6.93. The van der Waals surface area contributed by atoms with E-state index in [2.05, 4.69) is 21.1 Å².